The average molecular weight is 860 g/mol. The lowest BCUT2D eigenvalue weighted by atomic mass is 10.0. The van der Waals surface area contributed by atoms with Gasteiger partial charge < -0.3 is 10.6 Å². The molecule has 0 aromatic heterocycles. The summed E-state index contributed by atoms with van der Waals surface area (Å²) in [5, 5.41) is 5.76. The molecule has 0 atom stereocenters. The van der Waals surface area contributed by atoms with Crippen LogP contribution in [0.2, 0.25) is 0 Å². The normalized spacial score (nSPS) is 11.4. The van der Waals surface area contributed by atoms with Gasteiger partial charge >= 0.3 is 0 Å². The molecule has 0 radical (unpaired) electrons. The number of carbonyl (C=O) groups is 2. The number of unbranched alkanes of at least 4 members (excludes halogenated alkanes) is 48. The van der Waals surface area contributed by atoms with Crippen LogP contribution in [0.5, 0.6) is 0 Å². The number of carbonyl (C=O) groups excluding carboxylic acids is 2. The predicted molar refractivity (Wildman–Crippen MR) is 273 cm³/mol. The smallest absolute Gasteiger partial charge is 0.221 e. The van der Waals surface area contributed by atoms with Crippen molar-refractivity contribution in [2.75, 3.05) is 6.67 Å². The first kappa shape index (κ1) is 59.9. The third kappa shape index (κ3) is 55.0. The molecule has 0 aromatic rings. The second kappa shape index (κ2) is 55.1. The van der Waals surface area contributed by atoms with E-state index in [-0.39, 0.29) is 18.5 Å². The zero-order valence-corrected chi connectivity index (χ0v) is 42.3. The van der Waals surface area contributed by atoms with Crippen LogP contribution in [-0.4, -0.2) is 18.5 Å². The summed E-state index contributed by atoms with van der Waals surface area (Å²) in [6.07, 6.45) is 70.7. The first-order valence-corrected chi connectivity index (χ1v) is 28.7. The standard InChI is InChI=1S/C57H114N2O2/c1-3-5-7-9-11-13-15-17-19-21-23-25-27-29-31-33-35-37-39-41-43-45-47-49-51-53-56(60)58-55-59-57(61)54-52-50-48-46-44-42-40-38-36-34-32-30-28-26-24-22-20-18-16-14-12-10-8-6-4-2/h3-55H2,1-2H3,(H,58,60)(H,59,61). The molecular formula is C57H114N2O2. The highest BCUT2D eigenvalue weighted by atomic mass is 16.2. The molecule has 0 bridgehead atoms. The molecule has 0 fully saturated rings. The van der Waals surface area contributed by atoms with Crippen LogP contribution in [0.3, 0.4) is 0 Å². The van der Waals surface area contributed by atoms with Crippen molar-refractivity contribution in [1.29, 1.82) is 0 Å². The van der Waals surface area contributed by atoms with E-state index in [9.17, 15) is 9.59 Å². The Balaban J connectivity index is 3.23. The molecule has 0 heterocycles. The van der Waals surface area contributed by atoms with E-state index >= 15 is 0 Å². The Morgan fingerprint density at radius 3 is 0.492 bits per heavy atom. The van der Waals surface area contributed by atoms with Crippen molar-refractivity contribution in [3.8, 4) is 0 Å². The van der Waals surface area contributed by atoms with Gasteiger partial charge in [-0.1, -0.05) is 322 Å². The fourth-order valence-electron chi connectivity index (χ4n) is 9.27. The monoisotopic (exact) mass is 859 g/mol. The fraction of sp³-hybridized carbons (Fsp3) is 0.965. The first-order valence-electron chi connectivity index (χ1n) is 28.7. The van der Waals surface area contributed by atoms with Crippen molar-refractivity contribution in [3.63, 3.8) is 0 Å². The average Bonchev–Trinajstić information content (AvgIpc) is 3.26. The van der Waals surface area contributed by atoms with Crippen molar-refractivity contribution in [2.24, 2.45) is 0 Å². The lowest BCUT2D eigenvalue weighted by Crippen LogP contribution is -2.37. The Hall–Kier alpha value is -1.06. The summed E-state index contributed by atoms with van der Waals surface area (Å²) in [6, 6.07) is 0. The molecular weight excluding hydrogens is 745 g/mol. The van der Waals surface area contributed by atoms with Crippen molar-refractivity contribution < 1.29 is 9.59 Å². The number of nitrogens with one attached hydrogen (secondary N) is 2. The summed E-state index contributed by atoms with van der Waals surface area (Å²) in [5.41, 5.74) is 0. The van der Waals surface area contributed by atoms with Crippen LogP contribution in [0, 0.1) is 0 Å². The highest BCUT2D eigenvalue weighted by Crippen LogP contribution is 2.18. The van der Waals surface area contributed by atoms with E-state index < -0.39 is 0 Å². The van der Waals surface area contributed by atoms with E-state index in [1.807, 2.05) is 0 Å². The predicted octanol–water partition coefficient (Wildman–Crippen LogP) is 19.5. The molecule has 0 unspecified atom stereocenters. The van der Waals surface area contributed by atoms with Crippen LogP contribution in [0.25, 0.3) is 0 Å². The lowest BCUT2D eigenvalue weighted by molar-refractivity contribution is -0.123. The van der Waals surface area contributed by atoms with Gasteiger partial charge in [0.05, 0.1) is 6.67 Å². The molecule has 0 aromatic carbocycles. The summed E-state index contributed by atoms with van der Waals surface area (Å²) in [7, 11) is 0. The summed E-state index contributed by atoms with van der Waals surface area (Å²) in [6.45, 7) is 4.88. The minimum absolute atomic E-state index is 0.0689. The van der Waals surface area contributed by atoms with Crippen molar-refractivity contribution in [1.82, 2.24) is 10.6 Å². The van der Waals surface area contributed by atoms with Gasteiger partial charge in [0.15, 0.2) is 0 Å². The van der Waals surface area contributed by atoms with Gasteiger partial charge in [-0.2, -0.15) is 0 Å². The Morgan fingerprint density at radius 1 is 0.213 bits per heavy atom. The molecule has 4 heteroatoms. The van der Waals surface area contributed by atoms with E-state index in [0.717, 1.165) is 25.7 Å². The van der Waals surface area contributed by atoms with Gasteiger partial charge in [0, 0.05) is 12.8 Å². The summed E-state index contributed by atoms with van der Waals surface area (Å²) in [5.74, 6) is 0.138. The van der Waals surface area contributed by atoms with Crippen LogP contribution in [-0.2, 0) is 9.59 Å². The number of hydrogen-bond donors (Lipinski definition) is 2. The molecule has 0 aliphatic heterocycles. The lowest BCUT2D eigenvalue weighted by Gasteiger charge is -2.08. The quantitative estimate of drug-likeness (QED) is 0.0473. The van der Waals surface area contributed by atoms with Crippen molar-refractivity contribution >= 4 is 11.8 Å². The minimum Gasteiger partial charge on any atom is -0.339 e. The van der Waals surface area contributed by atoms with Gasteiger partial charge in [0.1, 0.15) is 0 Å². The van der Waals surface area contributed by atoms with Crippen LogP contribution < -0.4 is 10.6 Å². The van der Waals surface area contributed by atoms with E-state index in [1.54, 1.807) is 0 Å². The molecule has 2 N–H and O–H groups in total. The van der Waals surface area contributed by atoms with E-state index in [4.69, 9.17) is 0 Å². The summed E-state index contributed by atoms with van der Waals surface area (Å²) >= 11 is 0. The third-order valence-corrected chi connectivity index (χ3v) is 13.6. The van der Waals surface area contributed by atoms with Gasteiger partial charge in [0.25, 0.3) is 0 Å². The topological polar surface area (TPSA) is 58.2 Å². The first-order chi connectivity index (χ1) is 30.2. The van der Waals surface area contributed by atoms with Gasteiger partial charge in [-0.15, -0.1) is 0 Å². The Kier molecular flexibility index (Phi) is 54.1. The Labute approximate surface area is 385 Å². The molecule has 61 heavy (non-hydrogen) atoms. The molecule has 0 aliphatic carbocycles. The minimum atomic E-state index is 0.0689. The maximum atomic E-state index is 12.2. The molecule has 0 spiro atoms. The molecule has 2 amide bonds. The van der Waals surface area contributed by atoms with E-state index in [0.29, 0.717) is 12.8 Å². The number of amides is 2. The van der Waals surface area contributed by atoms with Crippen molar-refractivity contribution in [2.45, 2.75) is 348 Å². The van der Waals surface area contributed by atoms with Gasteiger partial charge in [-0.3, -0.25) is 9.59 Å². The SMILES string of the molecule is CCCCCCCCCCCCCCCCCCCCCCCCCCCC(=O)NCNC(=O)CCCCCCCCCCCCCCCCCCCCCCCCCCC. The highest BCUT2D eigenvalue weighted by Gasteiger charge is 2.04. The van der Waals surface area contributed by atoms with Crippen LogP contribution in [0.4, 0.5) is 0 Å². The molecule has 0 rings (SSSR count). The van der Waals surface area contributed by atoms with Crippen LogP contribution in [0.15, 0.2) is 0 Å². The maximum absolute atomic E-state index is 12.2. The second-order valence-electron chi connectivity index (χ2n) is 19.8. The molecule has 0 aliphatic rings. The molecule has 364 valence electrons. The van der Waals surface area contributed by atoms with Crippen LogP contribution in [0.1, 0.15) is 348 Å². The van der Waals surface area contributed by atoms with E-state index in [2.05, 4.69) is 24.5 Å². The Bertz CT molecular complexity index is 764. The Morgan fingerprint density at radius 2 is 0.344 bits per heavy atom. The molecule has 0 saturated carbocycles. The van der Waals surface area contributed by atoms with E-state index in [1.165, 1.54) is 295 Å². The van der Waals surface area contributed by atoms with Gasteiger partial charge in [-0.25, -0.2) is 0 Å². The maximum Gasteiger partial charge on any atom is 0.221 e. The van der Waals surface area contributed by atoms with Crippen molar-refractivity contribution in [3.05, 3.63) is 0 Å². The van der Waals surface area contributed by atoms with Crippen LogP contribution >= 0.6 is 0 Å². The summed E-state index contributed by atoms with van der Waals surface area (Å²) in [4.78, 5) is 24.3. The molecule has 4 nitrogen and oxygen atoms in total. The highest BCUT2D eigenvalue weighted by molar-refractivity contribution is 5.78. The molecule has 0 saturated heterocycles. The number of hydrogen-bond acceptors (Lipinski definition) is 2. The largest absolute Gasteiger partial charge is 0.339 e. The van der Waals surface area contributed by atoms with Gasteiger partial charge in [0.2, 0.25) is 11.8 Å². The zero-order chi connectivity index (χ0) is 44.0. The third-order valence-electron chi connectivity index (χ3n) is 13.6. The fourth-order valence-corrected chi connectivity index (χ4v) is 9.27. The number of rotatable bonds is 54. The van der Waals surface area contributed by atoms with Gasteiger partial charge in [-0.05, 0) is 12.8 Å². The second-order valence-corrected chi connectivity index (χ2v) is 19.8. The summed E-state index contributed by atoms with van der Waals surface area (Å²) < 4.78 is 0. The zero-order valence-electron chi connectivity index (χ0n) is 42.3.